The second-order valence-electron chi connectivity index (χ2n) is 5.10. The van der Waals surface area contributed by atoms with E-state index in [4.69, 9.17) is 5.11 Å². The average molecular weight is 329 g/mol. The molecule has 1 aromatic heterocycles. The van der Waals surface area contributed by atoms with Crippen LogP contribution in [0.3, 0.4) is 0 Å². The number of nitrogens with zero attached hydrogens (tertiary/aromatic N) is 2. The molecule has 0 bridgehead atoms. The van der Waals surface area contributed by atoms with Crippen molar-refractivity contribution in [3.05, 3.63) is 22.4 Å². The van der Waals surface area contributed by atoms with E-state index in [9.17, 15) is 9.59 Å². The lowest BCUT2D eigenvalue weighted by molar-refractivity contribution is -0.137. The first-order chi connectivity index (χ1) is 8.90. The van der Waals surface area contributed by atoms with Crippen LogP contribution in [0, 0.1) is 0 Å². The molecule has 0 saturated heterocycles. The van der Waals surface area contributed by atoms with Gasteiger partial charge in [-0.2, -0.15) is 0 Å². The highest BCUT2D eigenvalue weighted by Crippen LogP contribution is 2.29. The number of amides is 1. The van der Waals surface area contributed by atoms with Gasteiger partial charge < -0.3 is 14.6 Å². The van der Waals surface area contributed by atoms with Crippen molar-refractivity contribution in [1.29, 1.82) is 0 Å². The SMILES string of the molecule is CC(C)n1cc(Br)cc1C(=O)N(CC(=O)O)C1CC1. The number of carboxylic acid groups (broad SMARTS) is 1. The lowest BCUT2D eigenvalue weighted by atomic mass is 10.3. The Balaban J connectivity index is 2.28. The molecular formula is C13H17BrN2O3. The quantitative estimate of drug-likeness (QED) is 0.903. The highest BCUT2D eigenvalue weighted by Gasteiger charge is 2.35. The first-order valence-corrected chi connectivity index (χ1v) is 7.09. The zero-order valence-corrected chi connectivity index (χ0v) is 12.6. The zero-order chi connectivity index (χ0) is 14.2. The van der Waals surface area contributed by atoms with Gasteiger partial charge in [-0.3, -0.25) is 9.59 Å². The van der Waals surface area contributed by atoms with Crippen molar-refractivity contribution in [1.82, 2.24) is 9.47 Å². The van der Waals surface area contributed by atoms with Crippen LogP contribution in [-0.4, -0.2) is 39.0 Å². The highest BCUT2D eigenvalue weighted by atomic mass is 79.9. The minimum atomic E-state index is -0.970. The van der Waals surface area contributed by atoms with E-state index >= 15 is 0 Å². The zero-order valence-electron chi connectivity index (χ0n) is 11.0. The molecule has 1 aliphatic rings. The first-order valence-electron chi connectivity index (χ1n) is 6.30. The summed E-state index contributed by atoms with van der Waals surface area (Å²) in [6, 6.07) is 1.98. The molecule has 1 aliphatic carbocycles. The van der Waals surface area contributed by atoms with E-state index in [0.717, 1.165) is 17.3 Å². The fourth-order valence-corrected chi connectivity index (χ4v) is 2.53. The summed E-state index contributed by atoms with van der Waals surface area (Å²) in [5.74, 6) is -1.17. The van der Waals surface area contributed by atoms with Gasteiger partial charge in [0.15, 0.2) is 0 Å². The van der Waals surface area contributed by atoms with E-state index in [1.807, 2.05) is 24.6 Å². The summed E-state index contributed by atoms with van der Waals surface area (Å²) < 4.78 is 2.69. The molecule has 1 saturated carbocycles. The maximum atomic E-state index is 12.5. The molecule has 0 spiro atoms. The van der Waals surface area contributed by atoms with Gasteiger partial charge in [-0.25, -0.2) is 0 Å². The number of carbonyl (C=O) groups excluding carboxylic acids is 1. The fourth-order valence-electron chi connectivity index (χ4n) is 2.09. The minimum Gasteiger partial charge on any atom is -0.480 e. The van der Waals surface area contributed by atoms with Crippen molar-refractivity contribution in [2.24, 2.45) is 0 Å². The smallest absolute Gasteiger partial charge is 0.323 e. The molecule has 6 heteroatoms. The summed E-state index contributed by atoms with van der Waals surface area (Å²) in [6.07, 6.45) is 3.63. The van der Waals surface area contributed by atoms with Gasteiger partial charge in [0.25, 0.3) is 5.91 Å². The van der Waals surface area contributed by atoms with Gasteiger partial charge in [-0.1, -0.05) is 0 Å². The second-order valence-corrected chi connectivity index (χ2v) is 6.02. The van der Waals surface area contributed by atoms with Crippen molar-refractivity contribution < 1.29 is 14.7 Å². The van der Waals surface area contributed by atoms with E-state index in [0.29, 0.717) is 5.69 Å². The Morgan fingerprint density at radius 2 is 2.16 bits per heavy atom. The molecule has 1 amide bonds. The van der Waals surface area contributed by atoms with E-state index in [1.54, 1.807) is 6.07 Å². The molecule has 1 aromatic rings. The maximum absolute atomic E-state index is 12.5. The number of aromatic nitrogens is 1. The van der Waals surface area contributed by atoms with Crippen LogP contribution in [0.2, 0.25) is 0 Å². The van der Waals surface area contributed by atoms with Crippen LogP contribution < -0.4 is 0 Å². The lowest BCUT2D eigenvalue weighted by Gasteiger charge is -2.22. The monoisotopic (exact) mass is 328 g/mol. The minimum absolute atomic E-state index is 0.0814. The molecule has 1 fully saturated rings. The van der Waals surface area contributed by atoms with Gasteiger partial charge in [0.2, 0.25) is 0 Å². The molecule has 0 unspecified atom stereocenters. The van der Waals surface area contributed by atoms with Crippen molar-refractivity contribution in [2.75, 3.05) is 6.54 Å². The molecule has 19 heavy (non-hydrogen) atoms. The molecule has 0 aromatic carbocycles. The van der Waals surface area contributed by atoms with Crippen LogP contribution in [0.25, 0.3) is 0 Å². The van der Waals surface area contributed by atoms with Crippen molar-refractivity contribution in [3.63, 3.8) is 0 Å². The van der Waals surface area contributed by atoms with Crippen molar-refractivity contribution >= 4 is 27.8 Å². The Morgan fingerprint density at radius 1 is 1.53 bits per heavy atom. The number of aliphatic carboxylic acids is 1. The van der Waals surface area contributed by atoms with Crippen LogP contribution in [0.4, 0.5) is 0 Å². The third-order valence-corrected chi connectivity index (χ3v) is 3.58. The van der Waals surface area contributed by atoms with Gasteiger partial charge in [0, 0.05) is 22.8 Å². The predicted octanol–water partition coefficient (Wildman–Crippen LogP) is 2.52. The largest absolute Gasteiger partial charge is 0.480 e. The maximum Gasteiger partial charge on any atom is 0.323 e. The Morgan fingerprint density at radius 3 is 2.63 bits per heavy atom. The van der Waals surface area contributed by atoms with Crippen LogP contribution >= 0.6 is 15.9 Å². The predicted molar refractivity (Wildman–Crippen MR) is 74.2 cm³/mol. The number of halogens is 1. The molecule has 2 rings (SSSR count). The number of hydrogen-bond acceptors (Lipinski definition) is 2. The Kier molecular flexibility index (Phi) is 3.99. The van der Waals surface area contributed by atoms with Gasteiger partial charge in [-0.05, 0) is 48.7 Å². The number of hydrogen-bond donors (Lipinski definition) is 1. The summed E-state index contributed by atoms with van der Waals surface area (Å²) in [7, 11) is 0. The molecule has 1 N–H and O–H groups in total. The van der Waals surface area contributed by atoms with E-state index in [1.165, 1.54) is 4.90 Å². The number of rotatable bonds is 5. The Hall–Kier alpha value is -1.30. The van der Waals surface area contributed by atoms with Crippen LogP contribution in [0.15, 0.2) is 16.7 Å². The molecule has 0 aliphatic heterocycles. The van der Waals surface area contributed by atoms with Crippen LogP contribution in [0.5, 0.6) is 0 Å². The lowest BCUT2D eigenvalue weighted by Crippen LogP contribution is -2.38. The number of carbonyl (C=O) groups is 2. The number of carboxylic acids is 1. The third-order valence-electron chi connectivity index (χ3n) is 3.14. The highest BCUT2D eigenvalue weighted by molar-refractivity contribution is 9.10. The van der Waals surface area contributed by atoms with Crippen molar-refractivity contribution in [2.45, 2.75) is 38.8 Å². The topological polar surface area (TPSA) is 62.5 Å². The summed E-state index contributed by atoms with van der Waals surface area (Å²) in [5, 5.41) is 8.93. The summed E-state index contributed by atoms with van der Waals surface area (Å²) >= 11 is 3.36. The van der Waals surface area contributed by atoms with Gasteiger partial charge in [0.1, 0.15) is 12.2 Å². The normalized spacial score (nSPS) is 14.7. The van der Waals surface area contributed by atoms with Crippen LogP contribution in [-0.2, 0) is 4.79 Å². The van der Waals surface area contributed by atoms with Gasteiger partial charge in [0.05, 0.1) is 0 Å². The summed E-state index contributed by atoms with van der Waals surface area (Å²) in [6.45, 7) is 3.74. The average Bonchev–Trinajstić information content (AvgIpc) is 3.07. The first kappa shape index (κ1) is 14.1. The molecule has 0 radical (unpaired) electrons. The van der Waals surface area contributed by atoms with E-state index in [-0.39, 0.29) is 24.5 Å². The standard InChI is InChI=1S/C13H17BrN2O3/c1-8(2)15-6-9(14)5-11(15)13(19)16(7-12(17)18)10-3-4-10/h5-6,8,10H,3-4,7H2,1-2H3,(H,17,18). The fraction of sp³-hybridized carbons (Fsp3) is 0.538. The second kappa shape index (κ2) is 5.36. The van der Waals surface area contributed by atoms with Gasteiger partial charge in [-0.15, -0.1) is 0 Å². The third kappa shape index (κ3) is 3.18. The summed E-state index contributed by atoms with van der Waals surface area (Å²) in [5.41, 5.74) is 0.537. The molecular weight excluding hydrogens is 312 g/mol. The molecule has 1 heterocycles. The summed E-state index contributed by atoms with van der Waals surface area (Å²) in [4.78, 5) is 24.9. The van der Waals surface area contributed by atoms with Crippen LogP contribution in [0.1, 0.15) is 43.2 Å². The molecule has 0 atom stereocenters. The van der Waals surface area contributed by atoms with E-state index in [2.05, 4.69) is 15.9 Å². The Bertz CT molecular complexity index is 506. The molecule has 5 nitrogen and oxygen atoms in total. The Labute approximate surface area is 120 Å². The van der Waals surface area contributed by atoms with Crippen molar-refractivity contribution in [3.8, 4) is 0 Å². The van der Waals surface area contributed by atoms with E-state index < -0.39 is 5.97 Å². The molecule has 104 valence electrons. The van der Waals surface area contributed by atoms with Gasteiger partial charge >= 0.3 is 5.97 Å².